The molecule has 0 saturated heterocycles. The van der Waals surface area contributed by atoms with Gasteiger partial charge in [0.2, 0.25) is 0 Å². The Labute approximate surface area is 151 Å². The van der Waals surface area contributed by atoms with Gasteiger partial charge in [0.05, 0.1) is 25.8 Å². The highest BCUT2D eigenvalue weighted by Crippen LogP contribution is 2.27. The van der Waals surface area contributed by atoms with E-state index in [4.69, 9.17) is 9.47 Å². The molecule has 26 heavy (non-hydrogen) atoms. The predicted molar refractivity (Wildman–Crippen MR) is 99.3 cm³/mol. The van der Waals surface area contributed by atoms with Gasteiger partial charge in [0, 0.05) is 0 Å². The molecule has 0 heterocycles. The Bertz CT molecular complexity index is 955. The van der Waals surface area contributed by atoms with Crippen LogP contribution in [0.1, 0.15) is 28.9 Å². The first-order valence-electron chi connectivity index (χ1n) is 8.24. The first-order valence-corrected chi connectivity index (χ1v) is 8.24. The number of hydrogen-bond donors (Lipinski definition) is 1. The van der Waals surface area contributed by atoms with Crippen molar-refractivity contribution in [2.45, 2.75) is 13.0 Å². The van der Waals surface area contributed by atoms with Crippen LogP contribution in [0.5, 0.6) is 11.5 Å². The normalized spacial score (nSPS) is 11.8. The first kappa shape index (κ1) is 17.7. The third kappa shape index (κ3) is 3.47. The second kappa shape index (κ2) is 7.44. The molecule has 5 heteroatoms. The second-order valence-electron chi connectivity index (χ2n) is 5.99. The molecule has 134 valence electrons. The highest BCUT2D eigenvalue weighted by Gasteiger charge is 2.17. The summed E-state index contributed by atoms with van der Waals surface area (Å²) in [6, 6.07) is 15.6. The van der Waals surface area contributed by atoms with Crippen molar-refractivity contribution in [2.75, 3.05) is 14.2 Å². The van der Waals surface area contributed by atoms with E-state index in [2.05, 4.69) is 5.32 Å². The lowest BCUT2D eigenvalue weighted by atomic mass is 10.0. The molecular formula is C21H20FNO3. The summed E-state index contributed by atoms with van der Waals surface area (Å²) in [6.07, 6.45) is 0. The summed E-state index contributed by atoms with van der Waals surface area (Å²) in [5.74, 6) is -0.0801. The number of nitrogens with one attached hydrogen (secondary N) is 1. The Morgan fingerprint density at radius 2 is 1.62 bits per heavy atom. The van der Waals surface area contributed by atoms with Gasteiger partial charge in [-0.15, -0.1) is 0 Å². The van der Waals surface area contributed by atoms with E-state index in [1.54, 1.807) is 25.1 Å². The molecule has 0 aliphatic carbocycles. The summed E-state index contributed by atoms with van der Waals surface area (Å²) in [5.41, 5.74) is 1.09. The van der Waals surface area contributed by atoms with Gasteiger partial charge in [-0.1, -0.05) is 30.3 Å². The van der Waals surface area contributed by atoms with Crippen molar-refractivity contribution >= 4 is 16.7 Å². The number of carbonyl (C=O) groups excluding carboxylic acids is 1. The van der Waals surface area contributed by atoms with Crippen LogP contribution < -0.4 is 14.8 Å². The molecule has 0 bridgehead atoms. The maximum Gasteiger partial charge on any atom is 0.255 e. The van der Waals surface area contributed by atoms with Crippen molar-refractivity contribution in [3.8, 4) is 11.5 Å². The van der Waals surface area contributed by atoms with Crippen LogP contribution in [0.15, 0.2) is 54.6 Å². The quantitative estimate of drug-likeness (QED) is 0.735. The zero-order valence-electron chi connectivity index (χ0n) is 14.9. The average Bonchev–Trinajstić information content (AvgIpc) is 2.66. The van der Waals surface area contributed by atoms with Crippen LogP contribution in [0.4, 0.5) is 4.39 Å². The fourth-order valence-corrected chi connectivity index (χ4v) is 2.88. The lowest BCUT2D eigenvalue weighted by molar-refractivity contribution is 0.0937. The molecule has 0 aliphatic heterocycles. The van der Waals surface area contributed by atoms with Crippen LogP contribution in [0.25, 0.3) is 10.8 Å². The molecule has 0 aliphatic rings. The van der Waals surface area contributed by atoms with Gasteiger partial charge in [-0.05, 0) is 47.5 Å². The molecule has 4 nitrogen and oxygen atoms in total. The minimum absolute atomic E-state index is 0.170. The summed E-state index contributed by atoms with van der Waals surface area (Å²) >= 11 is 0. The van der Waals surface area contributed by atoms with E-state index in [0.29, 0.717) is 16.9 Å². The predicted octanol–water partition coefficient (Wildman–Crippen LogP) is 4.49. The number of fused-ring (bicyclic) bond motifs is 1. The maximum absolute atomic E-state index is 13.9. The lowest BCUT2D eigenvalue weighted by Crippen LogP contribution is -2.27. The van der Waals surface area contributed by atoms with Gasteiger partial charge >= 0.3 is 0 Å². The van der Waals surface area contributed by atoms with E-state index in [0.717, 1.165) is 10.8 Å². The number of ether oxygens (including phenoxy) is 2. The Kier molecular flexibility index (Phi) is 5.07. The number of hydrogen-bond acceptors (Lipinski definition) is 3. The Balaban J connectivity index is 1.87. The van der Waals surface area contributed by atoms with Crippen LogP contribution >= 0.6 is 0 Å². The van der Waals surface area contributed by atoms with E-state index in [1.807, 2.05) is 30.3 Å². The molecule has 1 unspecified atom stereocenters. The minimum atomic E-state index is -0.464. The van der Waals surface area contributed by atoms with Crippen LogP contribution in [0.2, 0.25) is 0 Å². The highest BCUT2D eigenvalue weighted by atomic mass is 19.1. The van der Waals surface area contributed by atoms with Crippen LogP contribution in [-0.4, -0.2) is 20.1 Å². The number of amides is 1. The standard InChI is InChI=1S/C21H20FNO3/c1-13(14-8-9-19(25-2)18(22)11-14)23-21(24)17-10-15-6-4-5-7-16(15)12-20(17)26-3/h4-13H,1-3H3,(H,23,24). The van der Waals surface area contributed by atoms with Crippen molar-refractivity contribution < 1.29 is 18.7 Å². The molecule has 3 rings (SSSR count). The Hall–Kier alpha value is -3.08. The average molecular weight is 353 g/mol. The fourth-order valence-electron chi connectivity index (χ4n) is 2.88. The molecule has 0 radical (unpaired) electrons. The molecule has 0 fully saturated rings. The van der Waals surface area contributed by atoms with Gasteiger partial charge in [0.1, 0.15) is 5.75 Å². The summed E-state index contributed by atoms with van der Waals surface area (Å²) in [7, 11) is 2.94. The number of methoxy groups -OCH3 is 2. The van der Waals surface area contributed by atoms with E-state index < -0.39 is 5.82 Å². The molecule has 0 spiro atoms. The fraction of sp³-hybridized carbons (Fsp3) is 0.190. The molecule has 3 aromatic carbocycles. The highest BCUT2D eigenvalue weighted by molar-refractivity contribution is 6.01. The molecule has 0 saturated carbocycles. The number of carbonyl (C=O) groups is 1. The van der Waals surface area contributed by atoms with Crippen molar-refractivity contribution in [1.29, 1.82) is 0 Å². The lowest BCUT2D eigenvalue weighted by Gasteiger charge is -2.17. The van der Waals surface area contributed by atoms with Crippen LogP contribution in [0.3, 0.4) is 0 Å². The van der Waals surface area contributed by atoms with Gasteiger partial charge in [0.25, 0.3) is 5.91 Å². The summed E-state index contributed by atoms with van der Waals surface area (Å²) < 4.78 is 24.2. The summed E-state index contributed by atoms with van der Waals surface area (Å²) in [6.45, 7) is 1.80. The summed E-state index contributed by atoms with van der Waals surface area (Å²) in [5, 5.41) is 4.83. The van der Waals surface area contributed by atoms with Crippen LogP contribution in [-0.2, 0) is 0 Å². The van der Waals surface area contributed by atoms with Gasteiger partial charge in [-0.3, -0.25) is 4.79 Å². The van der Waals surface area contributed by atoms with Crippen LogP contribution in [0, 0.1) is 5.82 Å². The van der Waals surface area contributed by atoms with E-state index in [-0.39, 0.29) is 17.7 Å². The monoisotopic (exact) mass is 353 g/mol. The number of benzene rings is 3. The first-order chi connectivity index (χ1) is 12.5. The maximum atomic E-state index is 13.9. The molecule has 3 aromatic rings. The zero-order chi connectivity index (χ0) is 18.7. The van der Waals surface area contributed by atoms with Crippen molar-refractivity contribution in [3.63, 3.8) is 0 Å². The SMILES string of the molecule is COc1ccc(C(C)NC(=O)c2cc3ccccc3cc2OC)cc1F. The Morgan fingerprint density at radius 3 is 2.23 bits per heavy atom. The number of halogens is 1. The van der Waals surface area contributed by atoms with Crippen molar-refractivity contribution in [1.82, 2.24) is 5.32 Å². The molecular weight excluding hydrogens is 333 g/mol. The minimum Gasteiger partial charge on any atom is -0.496 e. The molecule has 0 aromatic heterocycles. The number of rotatable bonds is 5. The summed E-state index contributed by atoms with van der Waals surface area (Å²) in [4.78, 5) is 12.8. The third-order valence-electron chi connectivity index (χ3n) is 4.34. The topological polar surface area (TPSA) is 47.6 Å². The van der Waals surface area contributed by atoms with Gasteiger partial charge in [0.15, 0.2) is 11.6 Å². The molecule has 1 N–H and O–H groups in total. The van der Waals surface area contributed by atoms with Crippen molar-refractivity contribution in [3.05, 3.63) is 71.5 Å². The van der Waals surface area contributed by atoms with E-state index in [9.17, 15) is 9.18 Å². The second-order valence-corrected chi connectivity index (χ2v) is 5.99. The molecule has 1 amide bonds. The molecule has 1 atom stereocenters. The zero-order valence-corrected chi connectivity index (χ0v) is 14.9. The third-order valence-corrected chi connectivity index (χ3v) is 4.34. The van der Waals surface area contributed by atoms with E-state index in [1.165, 1.54) is 20.3 Å². The van der Waals surface area contributed by atoms with Gasteiger partial charge in [-0.25, -0.2) is 4.39 Å². The largest absolute Gasteiger partial charge is 0.496 e. The van der Waals surface area contributed by atoms with Crippen molar-refractivity contribution in [2.24, 2.45) is 0 Å². The Morgan fingerprint density at radius 1 is 0.962 bits per heavy atom. The van der Waals surface area contributed by atoms with E-state index >= 15 is 0 Å². The van der Waals surface area contributed by atoms with Gasteiger partial charge < -0.3 is 14.8 Å². The van der Waals surface area contributed by atoms with Gasteiger partial charge in [-0.2, -0.15) is 0 Å². The smallest absolute Gasteiger partial charge is 0.255 e.